The van der Waals surface area contributed by atoms with Crippen molar-refractivity contribution in [1.29, 1.82) is 0 Å². The molecule has 0 aliphatic heterocycles. The van der Waals surface area contributed by atoms with E-state index in [0.717, 1.165) is 12.3 Å². The third kappa shape index (κ3) is 1.36. The number of alkyl halides is 1. The maximum atomic E-state index is 5.86. The van der Waals surface area contributed by atoms with E-state index in [1.54, 1.807) is 0 Å². The van der Waals surface area contributed by atoms with Gasteiger partial charge in [0.15, 0.2) is 0 Å². The molecule has 1 aromatic rings. The van der Waals surface area contributed by atoms with Gasteiger partial charge in [-0.05, 0) is 17.9 Å². The van der Waals surface area contributed by atoms with Gasteiger partial charge in [-0.1, -0.05) is 30.3 Å². The van der Waals surface area contributed by atoms with E-state index in [0.29, 0.717) is 12.5 Å². The van der Waals surface area contributed by atoms with Crippen LogP contribution in [0.1, 0.15) is 12.0 Å². The van der Waals surface area contributed by atoms with Crippen LogP contribution in [0.5, 0.6) is 0 Å². The van der Waals surface area contributed by atoms with Crippen molar-refractivity contribution in [2.75, 3.05) is 12.4 Å². The van der Waals surface area contributed by atoms with Crippen molar-refractivity contribution in [2.24, 2.45) is 11.7 Å². The quantitative estimate of drug-likeness (QED) is 0.735. The zero-order valence-corrected chi connectivity index (χ0v) is 8.30. The van der Waals surface area contributed by atoms with Gasteiger partial charge in [-0.25, -0.2) is 0 Å². The van der Waals surface area contributed by atoms with Crippen molar-refractivity contribution < 1.29 is 0 Å². The van der Waals surface area contributed by atoms with Crippen molar-refractivity contribution >= 4 is 11.6 Å². The Morgan fingerprint density at radius 3 is 2.54 bits per heavy atom. The average molecular weight is 196 g/mol. The second kappa shape index (κ2) is 3.32. The number of rotatable bonds is 3. The molecule has 0 amide bonds. The lowest BCUT2D eigenvalue weighted by Gasteiger charge is -2.14. The van der Waals surface area contributed by atoms with E-state index in [1.807, 2.05) is 6.07 Å². The van der Waals surface area contributed by atoms with Crippen molar-refractivity contribution in [3.8, 4) is 0 Å². The molecular weight excluding hydrogens is 182 g/mol. The van der Waals surface area contributed by atoms with Gasteiger partial charge in [-0.2, -0.15) is 0 Å². The molecule has 2 atom stereocenters. The molecule has 1 aromatic carbocycles. The van der Waals surface area contributed by atoms with Gasteiger partial charge in [0.25, 0.3) is 0 Å². The second-order valence-corrected chi connectivity index (χ2v) is 4.09. The second-order valence-electron chi connectivity index (χ2n) is 3.78. The van der Waals surface area contributed by atoms with E-state index >= 15 is 0 Å². The fourth-order valence-corrected chi connectivity index (χ4v) is 2.48. The maximum Gasteiger partial charge on any atom is 0.0261 e. The van der Waals surface area contributed by atoms with E-state index in [9.17, 15) is 0 Å². The first-order valence-corrected chi connectivity index (χ1v) is 5.18. The predicted molar refractivity (Wildman–Crippen MR) is 56.0 cm³/mol. The van der Waals surface area contributed by atoms with Crippen molar-refractivity contribution in [2.45, 2.75) is 11.8 Å². The number of nitrogens with two attached hydrogens (primary N) is 1. The Morgan fingerprint density at radius 2 is 2.08 bits per heavy atom. The van der Waals surface area contributed by atoms with E-state index in [4.69, 9.17) is 17.3 Å². The summed E-state index contributed by atoms with van der Waals surface area (Å²) in [5.74, 6) is 1.31. The summed E-state index contributed by atoms with van der Waals surface area (Å²) in [4.78, 5) is 0. The monoisotopic (exact) mass is 195 g/mol. The molecule has 0 aromatic heterocycles. The minimum atomic E-state index is 0.197. The van der Waals surface area contributed by atoms with Gasteiger partial charge in [0.2, 0.25) is 0 Å². The molecule has 0 heterocycles. The van der Waals surface area contributed by atoms with Crippen LogP contribution in [0.2, 0.25) is 0 Å². The van der Waals surface area contributed by atoms with Crippen LogP contribution in [-0.4, -0.2) is 12.4 Å². The van der Waals surface area contributed by atoms with Gasteiger partial charge in [0.05, 0.1) is 0 Å². The Balaban J connectivity index is 2.25. The highest BCUT2D eigenvalue weighted by Gasteiger charge is 2.53. The molecule has 0 saturated heterocycles. The van der Waals surface area contributed by atoms with Crippen LogP contribution >= 0.6 is 11.6 Å². The van der Waals surface area contributed by atoms with Crippen LogP contribution in [0.15, 0.2) is 30.3 Å². The lowest BCUT2D eigenvalue weighted by Crippen LogP contribution is -2.22. The van der Waals surface area contributed by atoms with Crippen LogP contribution in [0.25, 0.3) is 0 Å². The zero-order valence-electron chi connectivity index (χ0n) is 7.54. The molecule has 2 rings (SSSR count). The zero-order chi connectivity index (χ0) is 9.31. The van der Waals surface area contributed by atoms with Crippen LogP contribution in [0.4, 0.5) is 0 Å². The third-order valence-electron chi connectivity index (χ3n) is 3.13. The van der Waals surface area contributed by atoms with Gasteiger partial charge in [-0.3, -0.25) is 0 Å². The average Bonchev–Trinajstić information content (AvgIpc) is 2.94. The largest absolute Gasteiger partial charge is 0.330 e. The first kappa shape index (κ1) is 9.04. The SMILES string of the molecule is NC[C@]1(c2ccccc2)C[C@@H]1CCl. The molecule has 70 valence electrons. The van der Waals surface area contributed by atoms with Gasteiger partial charge in [-0.15, -0.1) is 11.6 Å². The van der Waals surface area contributed by atoms with E-state index in [-0.39, 0.29) is 5.41 Å². The highest BCUT2D eigenvalue weighted by atomic mass is 35.5. The Labute approximate surface area is 83.9 Å². The molecule has 0 unspecified atom stereocenters. The summed E-state index contributed by atoms with van der Waals surface area (Å²) in [7, 11) is 0. The summed E-state index contributed by atoms with van der Waals surface area (Å²) in [6.45, 7) is 0.717. The smallest absolute Gasteiger partial charge is 0.0261 e. The predicted octanol–water partition coefficient (Wildman–Crippen LogP) is 2.14. The first-order chi connectivity index (χ1) is 6.33. The minimum absolute atomic E-state index is 0.197. The lowest BCUT2D eigenvalue weighted by molar-refractivity contribution is 0.644. The number of hydrogen-bond donors (Lipinski definition) is 1. The Morgan fingerprint density at radius 1 is 1.38 bits per heavy atom. The maximum absolute atomic E-state index is 5.86. The molecule has 0 bridgehead atoms. The molecule has 2 heteroatoms. The molecule has 1 fully saturated rings. The van der Waals surface area contributed by atoms with Gasteiger partial charge in [0.1, 0.15) is 0 Å². The molecule has 0 radical (unpaired) electrons. The standard InChI is InChI=1S/C11H14ClN/c12-7-10-6-11(10,8-13)9-4-2-1-3-5-9/h1-5,10H,6-8,13H2/t10-,11+/m1/s1. The van der Waals surface area contributed by atoms with Crippen LogP contribution in [-0.2, 0) is 5.41 Å². The van der Waals surface area contributed by atoms with Gasteiger partial charge < -0.3 is 5.73 Å². The van der Waals surface area contributed by atoms with Gasteiger partial charge >= 0.3 is 0 Å². The minimum Gasteiger partial charge on any atom is -0.330 e. The molecule has 1 aliphatic carbocycles. The van der Waals surface area contributed by atoms with Crippen LogP contribution < -0.4 is 5.73 Å². The summed E-state index contributed by atoms with van der Waals surface area (Å²) in [6, 6.07) is 10.5. The van der Waals surface area contributed by atoms with Gasteiger partial charge in [0, 0.05) is 17.8 Å². The highest BCUT2D eigenvalue weighted by molar-refractivity contribution is 6.18. The highest BCUT2D eigenvalue weighted by Crippen LogP contribution is 2.53. The molecule has 2 N–H and O–H groups in total. The molecule has 13 heavy (non-hydrogen) atoms. The van der Waals surface area contributed by atoms with E-state index < -0.39 is 0 Å². The fourth-order valence-electron chi connectivity index (χ4n) is 2.07. The first-order valence-electron chi connectivity index (χ1n) is 4.65. The third-order valence-corrected chi connectivity index (χ3v) is 3.50. The van der Waals surface area contributed by atoms with E-state index in [1.165, 1.54) is 5.56 Å². The topological polar surface area (TPSA) is 26.0 Å². The Hall–Kier alpha value is -0.530. The molecular formula is C11H14ClN. The van der Waals surface area contributed by atoms with Crippen LogP contribution in [0, 0.1) is 5.92 Å². The number of benzene rings is 1. The Bertz CT molecular complexity index is 285. The summed E-state index contributed by atoms with van der Waals surface area (Å²) >= 11 is 5.86. The summed E-state index contributed by atoms with van der Waals surface area (Å²) in [5.41, 5.74) is 7.36. The number of halogens is 1. The van der Waals surface area contributed by atoms with Crippen LogP contribution in [0.3, 0.4) is 0 Å². The summed E-state index contributed by atoms with van der Waals surface area (Å²) in [6.07, 6.45) is 1.15. The normalized spacial score (nSPS) is 31.7. The lowest BCUT2D eigenvalue weighted by atomic mass is 9.94. The molecule has 0 spiro atoms. The van der Waals surface area contributed by atoms with Crippen molar-refractivity contribution in [3.63, 3.8) is 0 Å². The number of hydrogen-bond acceptors (Lipinski definition) is 1. The summed E-state index contributed by atoms with van der Waals surface area (Å²) < 4.78 is 0. The fraction of sp³-hybridized carbons (Fsp3) is 0.455. The Kier molecular flexibility index (Phi) is 2.31. The van der Waals surface area contributed by atoms with E-state index in [2.05, 4.69) is 24.3 Å². The van der Waals surface area contributed by atoms with Crippen molar-refractivity contribution in [1.82, 2.24) is 0 Å². The molecule has 1 saturated carbocycles. The molecule has 1 nitrogen and oxygen atoms in total. The summed E-state index contributed by atoms with van der Waals surface area (Å²) in [5, 5.41) is 0. The van der Waals surface area contributed by atoms with Crippen molar-refractivity contribution in [3.05, 3.63) is 35.9 Å². The molecule has 1 aliphatic rings.